The second kappa shape index (κ2) is 19.7. The van der Waals surface area contributed by atoms with E-state index in [1.165, 1.54) is 19.3 Å². The third-order valence-corrected chi connectivity index (χ3v) is 5.65. The first-order valence-corrected chi connectivity index (χ1v) is 13.2. The van der Waals surface area contributed by atoms with Gasteiger partial charge in [-0.05, 0) is 41.3 Å². The van der Waals surface area contributed by atoms with Crippen molar-refractivity contribution < 1.29 is 19.7 Å². The van der Waals surface area contributed by atoms with Gasteiger partial charge in [0.1, 0.15) is 5.75 Å². The molecule has 0 bridgehead atoms. The van der Waals surface area contributed by atoms with E-state index < -0.39 is 6.10 Å². The van der Waals surface area contributed by atoms with Gasteiger partial charge in [-0.25, -0.2) is 0 Å². The minimum absolute atomic E-state index is 0.0835. The van der Waals surface area contributed by atoms with Crippen LogP contribution in [0.4, 0.5) is 0 Å². The predicted octanol–water partition coefficient (Wildman–Crippen LogP) is 7.76. The first-order chi connectivity index (χ1) is 16.5. The van der Waals surface area contributed by atoms with Gasteiger partial charge in [-0.3, -0.25) is 0 Å². The molecule has 4 nitrogen and oxygen atoms in total. The number of benzene rings is 2. The van der Waals surface area contributed by atoms with E-state index in [1.807, 2.05) is 70.2 Å². The monoisotopic (exact) mass is 494 g/mol. The number of halogens is 1. The summed E-state index contributed by atoms with van der Waals surface area (Å²) in [5.74, 6) is 0.822. The highest BCUT2D eigenvalue weighted by molar-refractivity contribution is 6.31. The van der Waals surface area contributed by atoms with E-state index in [4.69, 9.17) is 21.1 Å². The second-order valence-corrected chi connectivity index (χ2v) is 8.19. The highest BCUT2D eigenvalue weighted by Crippen LogP contribution is 2.33. The van der Waals surface area contributed by atoms with Crippen molar-refractivity contribution in [2.24, 2.45) is 0 Å². The molecular formula is C29H47ClO4. The summed E-state index contributed by atoms with van der Waals surface area (Å²) in [5, 5.41) is 20.1. The number of aliphatic hydroxyl groups is 2. The van der Waals surface area contributed by atoms with Crippen molar-refractivity contribution >= 4 is 11.6 Å². The van der Waals surface area contributed by atoms with Crippen LogP contribution >= 0.6 is 11.6 Å². The minimum Gasteiger partial charge on any atom is -0.497 e. The Bertz CT molecular complexity index is 746. The van der Waals surface area contributed by atoms with Crippen LogP contribution in [-0.4, -0.2) is 36.1 Å². The average Bonchev–Trinajstić information content (AvgIpc) is 2.88. The topological polar surface area (TPSA) is 58.9 Å². The molecule has 1 heterocycles. The molecule has 3 atom stereocenters. The molecule has 1 aliphatic rings. The molecule has 1 aliphatic heterocycles. The molecule has 0 amide bonds. The summed E-state index contributed by atoms with van der Waals surface area (Å²) >= 11 is 6.37. The maximum atomic E-state index is 10.0. The number of unbranched alkanes of at least 4 members (excludes halogenated alkanes) is 2. The average molecular weight is 495 g/mol. The summed E-state index contributed by atoms with van der Waals surface area (Å²) in [4.78, 5) is 0. The van der Waals surface area contributed by atoms with Gasteiger partial charge < -0.3 is 19.7 Å². The molecule has 5 heteroatoms. The first kappa shape index (κ1) is 32.4. The van der Waals surface area contributed by atoms with E-state index >= 15 is 0 Å². The molecule has 0 aromatic heterocycles. The van der Waals surface area contributed by atoms with Gasteiger partial charge >= 0.3 is 0 Å². The smallest absolute Gasteiger partial charge is 0.118 e. The number of hydrogen-bond donors (Lipinski definition) is 2. The summed E-state index contributed by atoms with van der Waals surface area (Å²) in [7, 11) is 1.65. The van der Waals surface area contributed by atoms with Crippen LogP contribution in [0, 0.1) is 0 Å². The minimum atomic E-state index is -0.461. The third-order valence-electron chi connectivity index (χ3n) is 5.28. The van der Waals surface area contributed by atoms with Gasteiger partial charge in [0.05, 0.1) is 32.0 Å². The lowest BCUT2D eigenvalue weighted by Crippen LogP contribution is -2.33. The van der Waals surface area contributed by atoms with Gasteiger partial charge in [0.25, 0.3) is 0 Å². The Labute approximate surface area is 213 Å². The van der Waals surface area contributed by atoms with Crippen molar-refractivity contribution in [3.05, 3.63) is 64.2 Å². The van der Waals surface area contributed by atoms with Crippen molar-refractivity contribution in [1.82, 2.24) is 0 Å². The molecule has 3 unspecified atom stereocenters. The third kappa shape index (κ3) is 11.7. The van der Waals surface area contributed by atoms with Gasteiger partial charge in [-0.1, -0.05) is 96.7 Å². The van der Waals surface area contributed by atoms with Gasteiger partial charge in [0.2, 0.25) is 0 Å². The summed E-state index contributed by atoms with van der Waals surface area (Å²) in [6.07, 6.45) is 4.76. The van der Waals surface area contributed by atoms with E-state index in [9.17, 15) is 10.2 Å². The lowest BCUT2D eigenvalue weighted by Gasteiger charge is -2.32. The van der Waals surface area contributed by atoms with Crippen molar-refractivity contribution in [2.45, 2.75) is 98.4 Å². The Kier molecular flexibility index (Phi) is 18.8. The highest BCUT2D eigenvalue weighted by atomic mass is 35.5. The molecule has 2 N–H and O–H groups in total. The van der Waals surface area contributed by atoms with Gasteiger partial charge in [-0.15, -0.1) is 0 Å². The predicted molar refractivity (Wildman–Crippen MR) is 145 cm³/mol. The fourth-order valence-corrected chi connectivity index (χ4v) is 3.75. The van der Waals surface area contributed by atoms with Crippen LogP contribution in [0.3, 0.4) is 0 Å². The van der Waals surface area contributed by atoms with Crippen molar-refractivity contribution in [3.8, 4) is 5.75 Å². The van der Waals surface area contributed by atoms with Crippen LogP contribution in [-0.2, 0) is 11.2 Å². The van der Waals surface area contributed by atoms with Crippen molar-refractivity contribution in [2.75, 3.05) is 13.7 Å². The zero-order valence-electron chi connectivity index (χ0n) is 22.3. The van der Waals surface area contributed by atoms with Gasteiger partial charge in [0.15, 0.2) is 0 Å². The van der Waals surface area contributed by atoms with E-state index in [-0.39, 0.29) is 18.8 Å². The van der Waals surface area contributed by atoms with Crippen LogP contribution < -0.4 is 4.74 Å². The molecule has 2 aromatic rings. The Hall–Kier alpha value is -1.59. The van der Waals surface area contributed by atoms with E-state index in [1.54, 1.807) is 7.11 Å². The SMILES string of the molecule is CC.CC.CCCCC.COc1ccc(Cc2cc(C3CC(O)CC(CO)O3)ccc2Cl)cc1. The molecule has 194 valence electrons. The van der Waals surface area contributed by atoms with Crippen LogP contribution in [0.2, 0.25) is 5.02 Å². The van der Waals surface area contributed by atoms with Crippen LogP contribution in [0.25, 0.3) is 0 Å². The molecular weight excluding hydrogens is 448 g/mol. The lowest BCUT2D eigenvalue weighted by atomic mass is 9.94. The quantitative estimate of drug-likeness (QED) is 0.412. The molecule has 1 saturated heterocycles. The zero-order chi connectivity index (χ0) is 25.9. The Morgan fingerprint density at radius 1 is 0.971 bits per heavy atom. The van der Waals surface area contributed by atoms with Crippen molar-refractivity contribution in [3.63, 3.8) is 0 Å². The molecule has 0 radical (unpaired) electrons. The normalized spacial score (nSPS) is 18.8. The summed E-state index contributed by atoms with van der Waals surface area (Å²) in [6, 6.07) is 13.7. The molecule has 34 heavy (non-hydrogen) atoms. The maximum absolute atomic E-state index is 10.0. The van der Waals surface area contributed by atoms with Gasteiger partial charge in [-0.2, -0.15) is 0 Å². The molecule has 0 saturated carbocycles. The Morgan fingerprint density at radius 2 is 1.59 bits per heavy atom. The largest absolute Gasteiger partial charge is 0.497 e. The molecule has 3 rings (SSSR count). The highest BCUT2D eigenvalue weighted by Gasteiger charge is 2.29. The zero-order valence-corrected chi connectivity index (χ0v) is 23.1. The number of hydrogen-bond acceptors (Lipinski definition) is 4. The van der Waals surface area contributed by atoms with Crippen LogP contribution in [0.1, 0.15) is 96.4 Å². The standard InChI is InChI=1S/C20H23ClO4.C5H12.2C2H6/c1-24-17-5-2-13(3-6-17)8-15-9-14(4-7-19(15)21)20-11-16(23)10-18(12-22)25-20;1-3-5-4-2;2*1-2/h2-7,9,16,18,20,22-23H,8,10-12H2,1H3;3-5H2,1-2H3;2*1-2H3. The number of ether oxygens (including phenoxy) is 2. The molecule has 1 fully saturated rings. The summed E-state index contributed by atoms with van der Waals surface area (Å²) in [5.41, 5.74) is 3.12. The number of rotatable bonds is 7. The fourth-order valence-electron chi connectivity index (χ4n) is 3.57. The van der Waals surface area contributed by atoms with Gasteiger partial charge in [0, 0.05) is 17.9 Å². The fraction of sp³-hybridized carbons (Fsp3) is 0.586. The molecule has 0 aliphatic carbocycles. The van der Waals surface area contributed by atoms with E-state index in [0.29, 0.717) is 24.3 Å². The Balaban J connectivity index is 0.00000106. The lowest BCUT2D eigenvalue weighted by molar-refractivity contribution is -0.113. The van der Waals surface area contributed by atoms with Crippen LogP contribution in [0.15, 0.2) is 42.5 Å². The van der Waals surface area contributed by atoms with E-state index in [2.05, 4.69) is 13.8 Å². The molecule has 2 aromatic carbocycles. The van der Waals surface area contributed by atoms with Crippen LogP contribution in [0.5, 0.6) is 5.75 Å². The maximum Gasteiger partial charge on any atom is 0.118 e. The van der Waals surface area contributed by atoms with E-state index in [0.717, 1.165) is 22.4 Å². The summed E-state index contributed by atoms with van der Waals surface area (Å²) < 4.78 is 11.1. The number of methoxy groups -OCH3 is 1. The first-order valence-electron chi connectivity index (χ1n) is 12.9. The second-order valence-electron chi connectivity index (χ2n) is 7.78. The number of aliphatic hydroxyl groups excluding tert-OH is 2. The molecule has 0 spiro atoms. The van der Waals surface area contributed by atoms with Crippen molar-refractivity contribution in [1.29, 1.82) is 0 Å². The summed E-state index contributed by atoms with van der Waals surface area (Å²) in [6.45, 7) is 12.3. The Morgan fingerprint density at radius 3 is 2.09 bits per heavy atom.